The Kier molecular flexibility index (Phi) is 4.75. The Bertz CT molecular complexity index is 2730. The first-order valence-corrected chi connectivity index (χ1v) is 15.0. The molecule has 204 valence electrons. The van der Waals surface area contributed by atoms with Gasteiger partial charge in [-0.3, -0.25) is 0 Å². The average Bonchev–Trinajstić information content (AvgIpc) is 3.67. The molecule has 0 saturated carbocycles. The Morgan fingerprint density at radius 2 is 0.636 bits per heavy atom. The molecule has 0 fully saturated rings. The van der Waals surface area contributed by atoms with Crippen molar-refractivity contribution in [2.24, 2.45) is 0 Å². The van der Waals surface area contributed by atoms with Crippen molar-refractivity contribution in [3.63, 3.8) is 0 Å². The van der Waals surface area contributed by atoms with E-state index in [1.54, 1.807) is 0 Å². The minimum Gasteiger partial charge on any atom is -0.455 e. The summed E-state index contributed by atoms with van der Waals surface area (Å²) in [5.74, 6) is 0. The van der Waals surface area contributed by atoms with Gasteiger partial charge in [-0.2, -0.15) is 0 Å². The van der Waals surface area contributed by atoms with Crippen molar-refractivity contribution in [2.75, 3.05) is 0 Å². The second kappa shape index (κ2) is 8.82. The average molecular weight is 561 g/mol. The Morgan fingerprint density at radius 3 is 1.25 bits per heavy atom. The van der Waals surface area contributed by atoms with Gasteiger partial charge in [-0.1, -0.05) is 140 Å². The van der Waals surface area contributed by atoms with E-state index in [2.05, 4.69) is 140 Å². The summed E-state index contributed by atoms with van der Waals surface area (Å²) in [6, 6.07) is 51.6. The fraction of sp³-hybridized carbons (Fsp3) is 0. The second-order valence-corrected chi connectivity index (χ2v) is 11.6. The van der Waals surface area contributed by atoms with Gasteiger partial charge in [-0.25, -0.2) is 0 Å². The minimum absolute atomic E-state index is 0.875. The van der Waals surface area contributed by atoms with E-state index in [1.165, 1.54) is 26.9 Å². The van der Waals surface area contributed by atoms with Crippen LogP contribution < -0.4 is 0 Å². The maximum Gasteiger partial charge on any atom is 0.143 e. The van der Waals surface area contributed by atoms with Crippen LogP contribution in [0.3, 0.4) is 0 Å². The van der Waals surface area contributed by atoms with Gasteiger partial charge in [0.1, 0.15) is 22.3 Å². The van der Waals surface area contributed by atoms with E-state index in [-0.39, 0.29) is 0 Å². The van der Waals surface area contributed by atoms with Crippen molar-refractivity contribution in [2.45, 2.75) is 0 Å². The molecule has 8 aromatic carbocycles. The van der Waals surface area contributed by atoms with Gasteiger partial charge in [-0.05, 0) is 38.6 Å². The molecule has 2 heteroatoms. The quantitative estimate of drug-likeness (QED) is 0.197. The normalized spacial score (nSPS) is 12.1. The van der Waals surface area contributed by atoms with Crippen molar-refractivity contribution >= 4 is 76.2 Å². The van der Waals surface area contributed by atoms with Crippen LogP contribution in [-0.4, -0.2) is 0 Å². The molecule has 10 aromatic rings. The van der Waals surface area contributed by atoms with Crippen molar-refractivity contribution in [3.05, 3.63) is 146 Å². The Balaban J connectivity index is 1.30. The van der Waals surface area contributed by atoms with Gasteiger partial charge >= 0.3 is 0 Å². The third-order valence-electron chi connectivity index (χ3n) is 9.27. The SMILES string of the molecule is c1ccc(-c2cccc3c2oc2c(-c4cccc5c4oc4c5ccc5c6ccccc6c6ccccc6c54)cccc23)cc1. The van der Waals surface area contributed by atoms with Crippen molar-refractivity contribution in [1.29, 1.82) is 0 Å². The fourth-order valence-electron chi connectivity index (χ4n) is 7.33. The molecule has 0 aliphatic heterocycles. The summed E-state index contributed by atoms with van der Waals surface area (Å²) in [5, 5.41) is 11.8. The van der Waals surface area contributed by atoms with Crippen molar-refractivity contribution in [3.8, 4) is 22.3 Å². The molecule has 0 amide bonds. The zero-order valence-electron chi connectivity index (χ0n) is 23.7. The molecule has 0 spiro atoms. The van der Waals surface area contributed by atoms with Gasteiger partial charge in [0.25, 0.3) is 0 Å². The molecule has 0 atom stereocenters. The van der Waals surface area contributed by atoms with E-state index in [0.29, 0.717) is 0 Å². The Hall–Kier alpha value is -5.86. The van der Waals surface area contributed by atoms with E-state index in [1.807, 2.05) is 6.07 Å². The van der Waals surface area contributed by atoms with Crippen molar-refractivity contribution < 1.29 is 8.83 Å². The van der Waals surface area contributed by atoms with Crippen LogP contribution in [-0.2, 0) is 0 Å². The standard InChI is InChI=1S/C42H24O2/c1-2-11-25(12-3-1)26-17-8-18-32-33-19-9-20-34(40(33)43-39(26)32)35-21-10-22-36-37-24-23-31-29-15-5-4-13-27(29)28-14-6-7-16-30(28)38(31)42(37)44-41(35)36/h1-24H. The molecule has 0 aliphatic rings. The maximum atomic E-state index is 6.98. The van der Waals surface area contributed by atoms with Crippen LogP contribution in [0.4, 0.5) is 0 Å². The topological polar surface area (TPSA) is 26.3 Å². The highest BCUT2D eigenvalue weighted by Gasteiger charge is 2.21. The summed E-state index contributed by atoms with van der Waals surface area (Å²) in [7, 11) is 0. The monoisotopic (exact) mass is 560 g/mol. The molecule has 0 unspecified atom stereocenters. The largest absolute Gasteiger partial charge is 0.455 e. The molecule has 2 aromatic heterocycles. The lowest BCUT2D eigenvalue weighted by molar-refractivity contribution is 0.667. The van der Waals surface area contributed by atoms with E-state index >= 15 is 0 Å². The number of hydrogen-bond acceptors (Lipinski definition) is 2. The van der Waals surface area contributed by atoms with E-state index in [4.69, 9.17) is 8.83 Å². The van der Waals surface area contributed by atoms with E-state index in [9.17, 15) is 0 Å². The summed E-state index contributed by atoms with van der Waals surface area (Å²) < 4.78 is 13.8. The third kappa shape index (κ3) is 3.14. The number of hydrogen-bond donors (Lipinski definition) is 0. The van der Waals surface area contributed by atoms with Crippen LogP contribution in [0, 0.1) is 0 Å². The molecule has 0 saturated heterocycles. The zero-order chi connectivity index (χ0) is 28.8. The smallest absolute Gasteiger partial charge is 0.143 e. The van der Waals surface area contributed by atoms with Crippen LogP contribution >= 0.6 is 0 Å². The highest BCUT2D eigenvalue weighted by atomic mass is 16.3. The summed E-state index contributed by atoms with van der Waals surface area (Å²) in [6.07, 6.45) is 0. The molecular formula is C42H24O2. The number of fused-ring (bicyclic) bond motifs is 13. The maximum absolute atomic E-state index is 6.98. The first-order valence-electron chi connectivity index (χ1n) is 15.0. The van der Waals surface area contributed by atoms with Gasteiger partial charge in [0, 0.05) is 43.6 Å². The summed E-state index contributed by atoms with van der Waals surface area (Å²) in [5.41, 5.74) is 7.88. The van der Waals surface area contributed by atoms with E-state index in [0.717, 1.165) is 71.5 Å². The van der Waals surface area contributed by atoms with Crippen LogP contribution in [0.5, 0.6) is 0 Å². The Labute approximate surface area is 252 Å². The van der Waals surface area contributed by atoms with Crippen LogP contribution in [0.15, 0.2) is 154 Å². The first-order chi connectivity index (χ1) is 21.8. The van der Waals surface area contributed by atoms with Crippen LogP contribution in [0.25, 0.3) is 98.4 Å². The molecule has 2 heterocycles. The first kappa shape index (κ1) is 23.7. The molecule has 0 radical (unpaired) electrons. The van der Waals surface area contributed by atoms with Gasteiger partial charge in [-0.15, -0.1) is 0 Å². The molecule has 10 rings (SSSR count). The number of para-hydroxylation sites is 3. The highest BCUT2D eigenvalue weighted by Crippen LogP contribution is 2.46. The molecule has 2 nitrogen and oxygen atoms in total. The fourth-order valence-corrected chi connectivity index (χ4v) is 7.33. The van der Waals surface area contributed by atoms with Gasteiger partial charge in [0.2, 0.25) is 0 Å². The lowest BCUT2D eigenvalue weighted by Gasteiger charge is -2.10. The molecule has 0 bridgehead atoms. The second-order valence-electron chi connectivity index (χ2n) is 11.6. The predicted molar refractivity (Wildman–Crippen MR) is 184 cm³/mol. The van der Waals surface area contributed by atoms with E-state index < -0.39 is 0 Å². The third-order valence-corrected chi connectivity index (χ3v) is 9.27. The number of benzene rings is 8. The Morgan fingerprint density at radius 1 is 0.250 bits per heavy atom. The number of furan rings is 2. The van der Waals surface area contributed by atoms with Crippen LogP contribution in [0.2, 0.25) is 0 Å². The zero-order valence-corrected chi connectivity index (χ0v) is 23.7. The van der Waals surface area contributed by atoms with Gasteiger partial charge in [0.05, 0.1) is 0 Å². The van der Waals surface area contributed by atoms with Crippen LogP contribution in [0.1, 0.15) is 0 Å². The molecule has 44 heavy (non-hydrogen) atoms. The van der Waals surface area contributed by atoms with Gasteiger partial charge in [0.15, 0.2) is 0 Å². The van der Waals surface area contributed by atoms with Gasteiger partial charge < -0.3 is 8.83 Å². The molecular weight excluding hydrogens is 536 g/mol. The summed E-state index contributed by atoms with van der Waals surface area (Å²) >= 11 is 0. The molecule has 0 aliphatic carbocycles. The highest BCUT2D eigenvalue weighted by molar-refractivity contribution is 6.32. The summed E-state index contributed by atoms with van der Waals surface area (Å²) in [4.78, 5) is 0. The number of rotatable bonds is 2. The summed E-state index contributed by atoms with van der Waals surface area (Å²) in [6.45, 7) is 0. The molecule has 0 N–H and O–H groups in total. The van der Waals surface area contributed by atoms with Crippen molar-refractivity contribution in [1.82, 2.24) is 0 Å². The predicted octanol–water partition coefficient (Wildman–Crippen LogP) is 12.3. The lowest BCUT2D eigenvalue weighted by atomic mass is 9.93. The lowest BCUT2D eigenvalue weighted by Crippen LogP contribution is -1.83. The minimum atomic E-state index is 0.875.